The van der Waals surface area contributed by atoms with Crippen LogP contribution in [0.3, 0.4) is 0 Å². The molecule has 158 valence electrons. The molecule has 0 saturated carbocycles. The second kappa shape index (κ2) is 8.75. The van der Waals surface area contributed by atoms with Gasteiger partial charge in [0.05, 0.1) is 12.4 Å². The Bertz CT molecular complexity index is 765. The number of nitrogens with zero attached hydrogens (tertiary/aromatic N) is 2. The van der Waals surface area contributed by atoms with Gasteiger partial charge in [-0.25, -0.2) is 13.2 Å². The van der Waals surface area contributed by atoms with Crippen molar-refractivity contribution in [1.82, 2.24) is 9.88 Å². The maximum atomic E-state index is 12.4. The Balaban J connectivity index is 0.000000345. The van der Waals surface area contributed by atoms with Crippen molar-refractivity contribution in [3.05, 3.63) is 30.1 Å². The Morgan fingerprint density at radius 2 is 2.07 bits per heavy atom. The number of carbonyl (C=O) groups is 1. The Labute approximate surface area is 161 Å². The van der Waals surface area contributed by atoms with Gasteiger partial charge in [-0.15, -0.1) is 0 Å². The molecular formula is C17H23F3N2O5S. The smallest absolute Gasteiger partial charge is 0.475 e. The maximum Gasteiger partial charge on any atom is 0.490 e. The van der Waals surface area contributed by atoms with Gasteiger partial charge in [0.1, 0.15) is 4.75 Å². The highest BCUT2D eigenvalue weighted by Crippen LogP contribution is 2.45. The van der Waals surface area contributed by atoms with Crippen LogP contribution >= 0.6 is 0 Å². The van der Waals surface area contributed by atoms with Crippen molar-refractivity contribution in [2.75, 3.05) is 32.1 Å². The first-order valence-electron chi connectivity index (χ1n) is 8.73. The summed E-state index contributed by atoms with van der Waals surface area (Å²) in [5.41, 5.74) is 1.13. The van der Waals surface area contributed by atoms with Crippen LogP contribution in [-0.4, -0.2) is 72.4 Å². The minimum atomic E-state index is -5.08. The molecular weight excluding hydrogens is 401 g/mol. The van der Waals surface area contributed by atoms with Crippen molar-refractivity contribution in [2.24, 2.45) is 5.92 Å². The SMILES string of the molecule is CCOCC1CCS(=O)(=O)C12CN(Cc1cccnc1)C2.O=C(O)C(F)(F)F. The average molecular weight is 424 g/mol. The van der Waals surface area contributed by atoms with Crippen molar-refractivity contribution in [3.63, 3.8) is 0 Å². The molecule has 0 aliphatic carbocycles. The molecule has 11 heteroatoms. The molecule has 2 aliphatic heterocycles. The largest absolute Gasteiger partial charge is 0.490 e. The van der Waals surface area contributed by atoms with Gasteiger partial charge >= 0.3 is 12.1 Å². The zero-order valence-electron chi connectivity index (χ0n) is 15.4. The molecule has 7 nitrogen and oxygen atoms in total. The Morgan fingerprint density at radius 3 is 2.57 bits per heavy atom. The zero-order valence-corrected chi connectivity index (χ0v) is 16.2. The lowest BCUT2D eigenvalue weighted by atomic mass is 9.83. The molecule has 2 aliphatic rings. The molecule has 3 rings (SSSR count). The zero-order chi connectivity index (χ0) is 21.0. The van der Waals surface area contributed by atoms with Crippen LogP contribution in [0.1, 0.15) is 18.9 Å². The predicted molar refractivity (Wildman–Crippen MR) is 94.3 cm³/mol. The molecule has 1 spiro atoms. The third-order valence-corrected chi connectivity index (χ3v) is 7.58. The predicted octanol–water partition coefficient (Wildman–Crippen LogP) is 1.74. The van der Waals surface area contributed by atoms with Crippen LogP contribution in [0.25, 0.3) is 0 Å². The highest BCUT2D eigenvalue weighted by Gasteiger charge is 2.61. The number of ether oxygens (including phenoxy) is 1. The summed E-state index contributed by atoms with van der Waals surface area (Å²) in [4.78, 5) is 15.2. The quantitative estimate of drug-likeness (QED) is 0.769. The van der Waals surface area contributed by atoms with E-state index < -0.39 is 26.7 Å². The molecule has 1 unspecified atom stereocenters. The molecule has 2 fully saturated rings. The van der Waals surface area contributed by atoms with Crippen LogP contribution in [0.15, 0.2) is 24.5 Å². The number of carboxylic acids is 1. The van der Waals surface area contributed by atoms with Gasteiger partial charge in [0.2, 0.25) is 0 Å². The summed E-state index contributed by atoms with van der Waals surface area (Å²) in [6.45, 7) is 5.19. The molecule has 1 aromatic rings. The molecule has 0 aromatic carbocycles. The van der Waals surface area contributed by atoms with Crippen molar-refractivity contribution >= 4 is 15.8 Å². The number of hydrogen-bond donors (Lipinski definition) is 1. The summed E-state index contributed by atoms with van der Waals surface area (Å²) in [5.74, 6) is -2.30. The molecule has 1 aromatic heterocycles. The molecule has 28 heavy (non-hydrogen) atoms. The Kier molecular flexibility index (Phi) is 7.05. The fraction of sp³-hybridized carbons (Fsp3) is 0.647. The number of aliphatic carboxylic acids is 1. The van der Waals surface area contributed by atoms with E-state index in [0.29, 0.717) is 32.1 Å². The monoisotopic (exact) mass is 424 g/mol. The third kappa shape index (κ3) is 5.00. The Hall–Kier alpha value is -1.72. The van der Waals surface area contributed by atoms with Crippen LogP contribution in [0.4, 0.5) is 13.2 Å². The van der Waals surface area contributed by atoms with E-state index in [4.69, 9.17) is 14.6 Å². The number of likely N-dealkylation sites (tertiary alicyclic amines) is 1. The standard InChI is InChI=1S/C15H22N2O3S.C2HF3O2/c1-2-20-10-14-5-7-21(18,19)15(14)11-17(12-15)9-13-4-3-6-16-8-13;3-2(4,5)1(6)7/h3-4,6,8,14H,2,5,7,9-12H2,1H3;(H,6,7). The van der Waals surface area contributed by atoms with Crippen molar-refractivity contribution in [1.29, 1.82) is 0 Å². The van der Waals surface area contributed by atoms with Gasteiger partial charge < -0.3 is 9.84 Å². The van der Waals surface area contributed by atoms with E-state index in [9.17, 15) is 21.6 Å². The van der Waals surface area contributed by atoms with Crippen LogP contribution in [0, 0.1) is 5.92 Å². The normalized spacial score (nSPS) is 22.9. The molecule has 1 N–H and O–H groups in total. The topological polar surface area (TPSA) is 96.8 Å². The van der Waals surface area contributed by atoms with E-state index >= 15 is 0 Å². The first-order chi connectivity index (χ1) is 13.0. The number of hydrogen-bond acceptors (Lipinski definition) is 6. The van der Waals surface area contributed by atoms with Gasteiger partial charge in [-0.05, 0) is 25.0 Å². The van der Waals surface area contributed by atoms with E-state index in [2.05, 4.69) is 9.88 Å². The molecule has 2 saturated heterocycles. The Morgan fingerprint density at radius 1 is 1.43 bits per heavy atom. The van der Waals surface area contributed by atoms with Crippen molar-refractivity contribution < 1.29 is 36.2 Å². The van der Waals surface area contributed by atoms with Crippen LogP contribution < -0.4 is 0 Å². The third-order valence-electron chi connectivity index (χ3n) is 4.98. The summed E-state index contributed by atoms with van der Waals surface area (Å²) < 4.78 is 61.6. The minimum Gasteiger partial charge on any atom is -0.475 e. The van der Waals surface area contributed by atoms with Gasteiger partial charge in [-0.2, -0.15) is 13.2 Å². The lowest BCUT2D eigenvalue weighted by Gasteiger charge is -2.50. The van der Waals surface area contributed by atoms with E-state index in [1.54, 1.807) is 6.20 Å². The van der Waals surface area contributed by atoms with Crippen molar-refractivity contribution in [3.8, 4) is 0 Å². The van der Waals surface area contributed by atoms with E-state index in [1.165, 1.54) is 0 Å². The highest BCUT2D eigenvalue weighted by molar-refractivity contribution is 7.93. The number of alkyl halides is 3. The van der Waals surface area contributed by atoms with Gasteiger partial charge in [0, 0.05) is 44.6 Å². The molecule has 0 amide bonds. The lowest BCUT2D eigenvalue weighted by molar-refractivity contribution is -0.192. The van der Waals surface area contributed by atoms with Crippen LogP contribution in [-0.2, 0) is 25.9 Å². The number of pyridine rings is 1. The second-order valence-electron chi connectivity index (χ2n) is 6.84. The van der Waals surface area contributed by atoms with Gasteiger partial charge in [-0.3, -0.25) is 9.88 Å². The molecule has 0 radical (unpaired) electrons. The maximum absolute atomic E-state index is 12.4. The summed E-state index contributed by atoms with van der Waals surface area (Å²) in [5, 5.41) is 7.12. The van der Waals surface area contributed by atoms with Gasteiger partial charge in [0.15, 0.2) is 9.84 Å². The average Bonchev–Trinajstić information content (AvgIpc) is 2.84. The van der Waals surface area contributed by atoms with E-state index in [0.717, 1.165) is 18.5 Å². The number of rotatable bonds is 5. The van der Waals surface area contributed by atoms with Crippen LogP contribution in [0.5, 0.6) is 0 Å². The highest BCUT2D eigenvalue weighted by atomic mass is 32.2. The fourth-order valence-corrected chi connectivity index (χ4v) is 5.99. The first-order valence-corrected chi connectivity index (χ1v) is 10.4. The lowest BCUT2D eigenvalue weighted by Crippen LogP contribution is -2.67. The van der Waals surface area contributed by atoms with E-state index in [-0.39, 0.29) is 5.92 Å². The number of carboxylic acid groups (broad SMARTS) is 1. The summed E-state index contributed by atoms with van der Waals surface area (Å²) in [6, 6.07) is 3.94. The summed E-state index contributed by atoms with van der Waals surface area (Å²) in [6.07, 6.45) is -0.754. The minimum absolute atomic E-state index is 0.146. The molecule has 0 bridgehead atoms. The summed E-state index contributed by atoms with van der Waals surface area (Å²) >= 11 is 0. The van der Waals surface area contributed by atoms with Crippen LogP contribution in [0.2, 0.25) is 0 Å². The van der Waals surface area contributed by atoms with Crippen molar-refractivity contribution in [2.45, 2.75) is 30.8 Å². The van der Waals surface area contributed by atoms with E-state index in [1.807, 2.05) is 25.3 Å². The van der Waals surface area contributed by atoms with Gasteiger partial charge in [0.25, 0.3) is 0 Å². The second-order valence-corrected chi connectivity index (χ2v) is 9.29. The number of sulfone groups is 1. The first kappa shape index (κ1) is 22.6. The van der Waals surface area contributed by atoms with Gasteiger partial charge in [-0.1, -0.05) is 6.07 Å². The number of halogens is 3. The molecule has 1 atom stereocenters. The number of aromatic nitrogens is 1. The molecule has 3 heterocycles. The fourth-order valence-electron chi connectivity index (χ4n) is 3.54. The summed E-state index contributed by atoms with van der Waals surface area (Å²) in [7, 11) is -2.99.